The van der Waals surface area contributed by atoms with Crippen molar-refractivity contribution in [2.75, 3.05) is 48.3 Å². The smallest absolute Gasteiger partial charge is 0.271 e. The van der Waals surface area contributed by atoms with Gasteiger partial charge >= 0.3 is 0 Å². The maximum absolute atomic E-state index is 12.2. The number of aromatic nitrogens is 2. The number of rotatable bonds is 8. The van der Waals surface area contributed by atoms with Gasteiger partial charge in [-0.2, -0.15) is 0 Å². The molecular weight excluding hydrogens is 442 g/mol. The molecule has 1 aliphatic heterocycles. The molecule has 0 unspecified atom stereocenters. The molecule has 35 heavy (non-hydrogen) atoms. The number of carbonyl (C=O) groups excluding carboxylic acids is 1. The van der Waals surface area contributed by atoms with E-state index < -0.39 is 5.91 Å². The summed E-state index contributed by atoms with van der Waals surface area (Å²) in [6, 6.07) is 6.45. The van der Waals surface area contributed by atoms with Crippen LogP contribution in [0.4, 0.5) is 23.0 Å². The molecular formula is C26H39N7O2. The van der Waals surface area contributed by atoms with E-state index in [9.17, 15) is 9.90 Å². The van der Waals surface area contributed by atoms with Crippen LogP contribution in [0.25, 0.3) is 0 Å². The van der Waals surface area contributed by atoms with E-state index >= 15 is 0 Å². The summed E-state index contributed by atoms with van der Waals surface area (Å²) in [5.74, 6) is 0.421. The first-order chi connectivity index (χ1) is 16.9. The second-order valence-electron chi connectivity index (χ2n) is 9.63. The van der Waals surface area contributed by atoms with Gasteiger partial charge in [0.25, 0.3) is 5.91 Å². The molecule has 9 heteroatoms. The van der Waals surface area contributed by atoms with Crippen LogP contribution in [0.1, 0.15) is 61.3 Å². The highest BCUT2D eigenvalue weighted by Crippen LogP contribution is 2.29. The molecule has 1 saturated heterocycles. The van der Waals surface area contributed by atoms with E-state index in [0.29, 0.717) is 23.8 Å². The van der Waals surface area contributed by atoms with Crippen molar-refractivity contribution < 1.29 is 9.90 Å². The van der Waals surface area contributed by atoms with Gasteiger partial charge in [0.1, 0.15) is 5.82 Å². The summed E-state index contributed by atoms with van der Waals surface area (Å²) in [5.41, 5.74) is 9.77. The Morgan fingerprint density at radius 3 is 2.40 bits per heavy atom. The highest BCUT2D eigenvalue weighted by atomic mass is 16.3. The molecule has 4 rings (SSSR count). The van der Waals surface area contributed by atoms with Crippen molar-refractivity contribution in [1.29, 1.82) is 0 Å². The minimum Gasteiger partial charge on any atom is -0.393 e. The lowest BCUT2D eigenvalue weighted by Crippen LogP contribution is -2.46. The molecule has 2 heterocycles. The van der Waals surface area contributed by atoms with Gasteiger partial charge in [-0.3, -0.25) is 4.79 Å². The fraction of sp³-hybridized carbons (Fsp3) is 0.577. The van der Waals surface area contributed by atoms with Crippen molar-refractivity contribution >= 4 is 28.9 Å². The Bertz CT molecular complexity index is 1030. The normalized spacial score (nSPS) is 21.1. The topological polar surface area (TPSA) is 120 Å². The van der Waals surface area contributed by atoms with Crippen LogP contribution in [0.2, 0.25) is 0 Å². The number of primary amides is 1. The van der Waals surface area contributed by atoms with Crippen molar-refractivity contribution in [1.82, 2.24) is 14.9 Å². The molecule has 2 fully saturated rings. The fourth-order valence-corrected chi connectivity index (χ4v) is 5.03. The molecule has 2 aliphatic rings. The number of nitrogens with two attached hydrogens (primary N) is 1. The van der Waals surface area contributed by atoms with Crippen molar-refractivity contribution in [2.24, 2.45) is 5.73 Å². The molecule has 0 atom stereocenters. The van der Waals surface area contributed by atoms with Gasteiger partial charge in [-0.05, 0) is 69.3 Å². The molecule has 2 aromatic rings. The minimum absolute atomic E-state index is 0.142. The Kier molecular flexibility index (Phi) is 8.07. The number of aliphatic hydroxyl groups excluding tert-OH is 1. The van der Waals surface area contributed by atoms with Gasteiger partial charge in [0.15, 0.2) is 11.5 Å². The third-order valence-corrected chi connectivity index (χ3v) is 7.19. The lowest BCUT2D eigenvalue weighted by atomic mass is 9.93. The monoisotopic (exact) mass is 481 g/mol. The molecule has 9 nitrogen and oxygen atoms in total. The van der Waals surface area contributed by atoms with Crippen LogP contribution in [0.15, 0.2) is 18.2 Å². The first-order valence-electron chi connectivity index (χ1n) is 12.9. The zero-order valence-corrected chi connectivity index (χ0v) is 21.2. The minimum atomic E-state index is -0.607. The molecule has 1 aromatic heterocycles. The maximum Gasteiger partial charge on any atom is 0.271 e. The quantitative estimate of drug-likeness (QED) is 0.454. The van der Waals surface area contributed by atoms with Gasteiger partial charge in [0.2, 0.25) is 0 Å². The van der Waals surface area contributed by atoms with Gasteiger partial charge in [0.05, 0.1) is 11.8 Å². The third kappa shape index (κ3) is 6.02. The number of benzene rings is 1. The van der Waals surface area contributed by atoms with Crippen LogP contribution >= 0.6 is 0 Å². The summed E-state index contributed by atoms with van der Waals surface area (Å²) in [7, 11) is 0. The number of hydrogen-bond donors (Lipinski definition) is 4. The number of nitrogens with zero attached hydrogens (tertiary/aromatic N) is 4. The van der Waals surface area contributed by atoms with Gasteiger partial charge in [-0.25, -0.2) is 9.97 Å². The zero-order chi connectivity index (χ0) is 24.9. The Hall–Kier alpha value is -2.91. The summed E-state index contributed by atoms with van der Waals surface area (Å²) in [6.07, 6.45) is 3.70. The highest BCUT2D eigenvalue weighted by Gasteiger charge is 2.23. The van der Waals surface area contributed by atoms with Crippen molar-refractivity contribution in [3.05, 3.63) is 35.2 Å². The van der Waals surface area contributed by atoms with E-state index in [4.69, 9.17) is 10.7 Å². The highest BCUT2D eigenvalue weighted by molar-refractivity contribution is 5.96. The third-order valence-electron chi connectivity index (χ3n) is 7.19. The van der Waals surface area contributed by atoms with E-state index in [1.807, 2.05) is 13.0 Å². The predicted octanol–water partition coefficient (Wildman–Crippen LogP) is 3.05. The average Bonchev–Trinajstić information content (AvgIpc) is 2.85. The van der Waals surface area contributed by atoms with E-state index in [0.717, 1.165) is 69.7 Å². The lowest BCUT2D eigenvalue weighted by Gasteiger charge is -2.36. The number of hydrogen-bond acceptors (Lipinski definition) is 8. The standard InChI is InChI=1S/C26H39N7O2/c1-4-21-25(28-18-6-9-20(34)10-7-18)31-26(23(30-21)24(27)35)29-19-8-11-22(17(3)16-19)33-14-12-32(5-2)13-15-33/h8,11,16,18,20,34H,4-7,9-10,12-15H2,1-3H3,(H2,27,35)(H2,28,29,31)/t18-,20-. The number of aliphatic hydroxyl groups is 1. The molecule has 1 aromatic carbocycles. The lowest BCUT2D eigenvalue weighted by molar-refractivity contribution is 0.0996. The summed E-state index contributed by atoms with van der Waals surface area (Å²) in [4.78, 5) is 26.5. The SMILES string of the molecule is CCc1nc(C(N)=O)c(Nc2ccc(N3CCN(CC)CC3)c(C)c2)nc1N[C@H]1CC[C@H](O)CC1. The predicted molar refractivity (Wildman–Crippen MR) is 141 cm³/mol. The number of anilines is 4. The number of amides is 1. The van der Waals surface area contributed by atoms with E-state index in [1.54, 1.807) is 0 Å². The van der Waals surface area contributed by atoms with Gasteiger partial charge in [-0.15, -0.1) is 0 Å². The largest absolute Gasteiger partial charge is 0.393 e. The Balaban J connectivity index is 1.55. The van der Waals surface area contributed by atoms with Crippen LogP contribution in [-0.2, 0) is 6.42 Å². The summed E-state index contributed by atoms with van der Waals surface area (Å²) >= 11 is 0. The molecule has 190 valence electrons. The van der Waals surface area contributed by atoms with Gasteiger partial charge < -0.3 is 31.3 Å². The van der Waals surface area contributed by atoms with Crippen molar-refractivity contribution in [2.45, 2.75) is 65.0 Å². The van der Waals surface area contributed by atoms with E-state index in [2.05, 4.69) is 51.4 Å². The van der Waals surface area contributed by atoms with Crippen LogP contribution in [0, 0.1) is 6.92 Å². The first-order valence-corrected chi connectivity index (χ1v) is 12.9. The molecule has 0 radical (unpaired) electrons. The second-order valence-corrected chi connectivity index (χ2v) is 9.63. The number of carbonyl (C=O) groups is 1. The Labute approximate surface area is 208 Å². The molecule has 1 amide bonds. The second kappa shape index (κ2) is 11.2. The van der Waals surface area contributed by atoms with Crippen LogP contribution in [0.3, 0.4) is 0 Å². The number of piperazine rings is 1. The van der Waals surface area contributed by atoms with Gasteiger partial charge in [-0.1, -0.05) is 13.8 Å². The summed E-state index contributed by atoms with van der Waals surface area (Å²) in [5, 5.41) is 16.6. The summed E-state index contributed by atoms with van der Waals surface area (Å²) in [6.45, 7) is 11.6. The molecule has 0 bridgehead atoms. The molecule has 1 saturated carbocycles. The number of aryl methyl sites for hydroxylation is 2. The van der Waals surface area contributed by atoms with E-state index in [1.165, 1.54) is 5.69 Å². The van der Waals surface area contributed by atoms with Crippen LogP contribution < -0.4 is 21.3 Å². The zero-order valence-electron chi connectivity index (χ0n) is 21.2. The van der Waals surface area contributed by atoms with Crippen molar-refractivity contribution in [3.8, 4) is 0 Å². The first kappa shape index (κ1) is 25.2. The average molecular weight is 482 g/mol. The summed E-state index contributed by atoms with van der Waals surface area (Å²) < 4.78 is 0. The van der Waals surface area contributed by atoms with E-state index in [-0.39, 0.29) is 17.8 Å². The molecule has 0 spiro atoms. The Morgan fingerprint density at radius 2 is 1.80 bits per heavy atom. The number of likely N-dealkylation sites (N-methyl/N-ethyl adjacent to an activating group) is 1. The molecule has 1 aliphatic carbocycles. The van der Waals surface area contributed by atoms with Crippen LogP contribution in [0.5, 0.6) is 0 Å². The molecule has 5 N–H and O–H groups in total. The maximum atomic E-state index is 12.2. The fourth-order valence-electron chi connectivity index (χ4n) is 5.03. The van der Waals surface area contributed by atoms with Gasteiger partial charge in [0, 0.05) is 43.6 Å². The Morgan fingerprint density at radius 1 is 1.09 bits per heavy atom. The number of nitrogens with one attached hydrogen (secondary N) is 2. The van der Waals surface area contributed by atoms with Crippen molar-refractivity contribution in [3.63, 3.8) is 0 Å². The van der Waals surface area contributed by atoms with Crippen LogP contribution in [-0.4, -0.2) is 70.8 Å².